The van der Waals surface area contributed by atoms with Gasteiger partial charge in [0.25, 0.3) is 5.69 Å². The SMILES string of the molecule is Cc1cc(N2CCc3ccc([N+](=O)[O-])cc3C2)ccn1. The number of nitro benzene ring substituents is 1. The lowest BCUT2D eigenvalue weighted by molar-refractivity contribution is -0.384. The van der Waals surface area contributed by atoms with Gasteiger partial charge in [0, 0.05) is 42.8 Å². The summed E-state index contributed by atoms with van der Waals surface area (Å²) in [7, 11) is 0. The first kappa shape index (κ1) is 12.6. The van der Waals surface area contributed by atoms with Crippen LogP contribution < -0.4 is 4.90 Å². The molecule has 0 atom stereocenters. The van der Waals surface area contributed by atoms with Crippen molar-refractivity contribution in [3.63, 3.8) is 0 Å². The van der Waals surface area contributed by atoms with Gasteiger partial charge in [-0.05, 0) is 36.6 Å². The zero-order chi connectivity index (χ0) is 14.1. The number of nitro groups is 1. The van der Waals surface area contributed by atoms with Crippen LogP contribution in [-0.2, 0) is 13.0 Å². The van der Waals surface area contributed by atoms with E-state index in [2.05, 4.69) is 9.88 Å². The third kappa shape index (κ3) is 2.34. The molecular weight excluding hydrogens is 254 g/mol. The first-order chi connectivity index (χ1) is 9.63. The monoisotopic (exact) mass is 269 g/mol. The van der Waals surface area contributed by atoms with E-state index < -0.39 is 0 Å². The van der Waals surface area contributed by atoms with Gasteiger partial charge in [-0.1, -0.05) is 6.07 Å². The minimum absolute atomic E-state index is 0.163. The number of rotatable bonds is 2. The van der Waals surface area contributed by atoms with E-state index in [4.69, 9.17) is 0 Å². The molecule has 0 saturated heterocycles. The molecule has 2 heterocycles. The van der Waals surface area contributed by atoms with E-state index >= 15 is 0 Å². The van der Waals surface area contributed by atoms with Crippen molar-refractivity contribution in [2.45, 2.75) is 19.9 Å². The summed E-state index contributed by atoms with van der Waals surface area (Å²) < 4.78 is 0. The first-order valence-corrected chi connectivity index (χ1v) is 6.57. The number of pyridine rings is 1. The van der Waals surface area contributed by atoms with Gasteiger partial charge >= 0.3 is 0 Å². The fourth-order valence-corrected chi connectivity index (χ4v) is 2.60. The van der Waals surface area contributed by atoms with Crippen LogP contribution in [0.2, 0.25) is 0 Å². The highest BCUT2D eigenvalue weighted by molar-refractivity contribution is 5.51. The minimum atomic E-state index is -0.337. The van der Waals surface area contributed by atoms with Crippen LogP contribution in [0.25, 0.3) is 0 Å². The molecule has 102 valence electrons. The average molecular weight is 269 g/mol. The van der Waals surface area contributed by atoms with Crippen molar-refractivity contribution < 1.29 is 4.92 Å². The molecule has 0 N–H and O–H groups in total. The van der Waals surface area contributed by atoms with Crippen molar-refractivity contribution in [3.8, 4) is 0 Å². The summed E-state index contributed by atoms with van der Waals surface area (Å²) in [5, 5.41) is 10.9. The van der Waals surface area contributed by atoms with Gasteiger partial charge in [0.2, 0.25) is 0 Å². The Labute approximate surface area is 117 Å². The largest absolute Gasteiger partial charge is 0.367 e. The molecular formula is C15H15N3O2. The molecule has 0 unspecified atom stereocenters. The lowest BCUT2D eigenvalue weighted by atomic mass is 9.98. The molecule has 1 aromatic carbocycles. The molecule has 3 rings (SSSR count). The van der Waals surface area contributed by atoms with Gasteiger partial charge in [0.05, 0.1) is 4.92 Å². The van der Waals surface area contributed by atoms with Gasteiger partial charge in [-0.15, -0.1) is 0 Å². The molecule has 0 aliphatic carbocycles. The molecule has 0 amide bonds. The van der Waals surface area contributed by atoms with Crippen molar-refractivity contribution in [2.75, 3.05) is 11.4 Å². The topological polar surface area (TPSA) is 59.3 Å². The van der Waals surface area contributed by atoms with Crippen LogP contribution in [0.15, 0.2) is 36.5 Å². The van der Waals surface area contributed by atoms with Gasteiger partial charge in [0.15, 0.2) is 0 Å². The van der Waals surface area contributed by atoms with Crippen molar-refractivity contribution >= 4 is 11.4 Å². The summed E-state index contributed by atoms with van der Waals surface area (Å²) in [5.74, 6) is 0. The number of anilines is 1. The summed E-state index contributed by atoms with van der Waals surface area (Å²) in [4.78, 5) is 17.0. The van der Waals surface area contributed by atoms with E-state index in [0.29, 0.717) is 6.54 Å². The molecule has 0 bridgehead atoms. The quantitative estimate of drug-likeness (QED) is 0.621. The molecule has 1 aliphatic heterocycles. The molecule has 0 fully saturated rings. The number of nitrogens with zero attached hydrogens (tertiary/aromatic N) is 3. The lowest BCUT2D eigenvalue weighted by Gasteiger charge is -2.30. The fourth-order valence-electron chi connectivity index (χ4n) is 2.60. The third-order valence-electron chi connectivity index (χ3n) is 3.66. The molecule has 5 nitrogen and oxygen atoms in total. The second-order valence-corrected chi connectivity index (χ2v) is 5.04. The van der Waals surface area contributed by atoms with Crippen LogP contribution >= 0.6 is 0 Å². The second-order valence-electron chi connectivity index (χ2n) is 5.04. The van der Waals surface area contributed by atoms with Gasteiger partial charge in [0.1, 0.15) is 0 Å². The van der Waals surface area contributed by atoms with Crippen LogP contribution in [0, 0.1) is 17.0 Å². The maximum Gasteiger partial charge on any atom is 0.269 e. The summed E-state index contributed by atoms with van der Waals surface area (Å²) in [5.41, 5.74) is 4.51. The van der Waals surface area contributed by atoms with Crippen LogP contribution in [0.5, 0.6) is 0 Å². The Hall–Kier alpha value is -2.43. The zero-order valence-corrected chi connectivity index (χ0v) is 11.2. The van der Waals surface area contributed by atoms with Gasteiger partial charge in [-0.3, -0.25) is 15.1 Å². The molecule has 0 saturated carbocycles. The molecule has 20 heavy (non-hydrogen) atoms. The van der Waals surface area contributed by atoms with Gasteiger partial charge in [-0.25, -0.2) is 0 Å². The predicted octanol–water partition coefficient (Wildman–Crippen LogP) is 2.86. The Balaban J connectivity index is 1.91. The number of fused-ring (bicyclic) bond motifs is 1. The number of hydrogen-bond donors (Lipinski definition) is 0. The van der Waals surface area contributed by atoms with Crippen LogP contribution in [0.1, 0.15) is 16.8 Å². The van der Waals surface area contributed by atoms with E-state index in [1.807, 2.05) is 25.1 Å². The fraction of sp³-hybridized carbons (Fsp3) is 0.267. The van der Waals surface area contributed by atoms with Crippen LogP contribution in [-0.4, -0.2) is 16.5 Å². The maximum atomic E-state index is 10.9. The first-order valence-electron chi connectivity index (χ1n) is 6.57. The van der Waals surface area contributed by atoms with Crippen LogP contribution in [0.4, 0.5) is 11.4 Å². The van der Waals surface area contributed by atoms with E-state index in [0.717, 1.165) is 29.9 Å². The van der Waals surface area contributed by atoms with E-state index in [1.165, 1.54) is 5.56 Å². The summed E-state index contributed by atoms with van der Waals surface area (Å²) in [6.07, 6.45) is 2.71. The molecule has 0 radical (unpaired) electrons. The van der Waals surface area contributed by atoms with Crippen molar-refractivity contribution in [2.24, 2.45) is 0 Å². The highest BCUT2D eigenvalue weighted by Crippen LogP contribution is 2.27. The predicted molar refractivity (Wildman–Crippen MR) is 76.8 cm³/mol. The normalized spacial score (nSPS) is 13.9. The molecule has 2 aromatic rings. The van der Waals surface area contributed by atoms with Crippen molar-refractivity contribution in [1.82, 2.24) is 4.98 Å². The number of hydrogen-bond acceptors (Lipinski definition) is 4. The Morgan fingerprint density at radius 2 is 2.10 bits per heavy atom. The van der Waals surface area contributed by atoms with E-state index in [-0.39, 0.29) is 10.6 Å². The smallest absolute Gasteiger partial charge is 0.269 e. The van der Waals surface area contributed by atoms with Gasteiger partial charge < -0.3 is 4.90 Å². The van der Waals surface area contributed by atoms with Gasteiger partial charge in [-0.2, -0.15) is 0 Å². The Morgan fingerprint density at radius 3 is 2.85 bits per heavy atom. The minimum Gasteiger partial charge on any atom is -0.367 e. The second kappa shape index (κ2) is 4.92. The molecule has 0 spiro atoms. The van der Waals surface area contributed by atoms with Crippen LogP contribution in [0.3, 0.4) is 0 Å². The number of non-ortho nitro benzene ring substituents is 1. The maximum absolute atomic E-state index is 10.9. The lowest BCUT2D eigenvalue weighted by Crippen LogP contribution is -2.30. The number of aryl methyl sites for hydroxylation is 1. The zero-order valence-electron chi connectivity index (χ0n) is 11.2. The Bertz CT molecular complexity index is 670. The molecule has 5 heteroatoms. The molecule has 1 aliphatic rings. The Kier molecular flexibility index (Phi) is 3.10. The third-order valence-corrected chi connectivity index (χ3v) is 3.66. The van der Waals surface area contributed by atoms with E-state index in [1.54, 1.807) is 18.3 Å². The summed E-state index contributed by atoms with van der Waals surface area (Å²) in [6.45, 7) is 3.60. The van der Waals surface area contributed by atoms with E-state index in [9.17, 15) is 10.1 Å². The number of aromatic nitrogens is 1. The summed E-state index contributed by atoms with van der Waals surface area (Å²) in [6, 6.07) is 9.18. The average Bonchev–Trinajstić information content (AvgIpc) is 2.46. The number of benzene rings is 1. The van der Waals surface area contributed by atoms with Crippen molar-refractivity contribution in [3.05, 3.63) is 63.5 Å². The molecule has 1 aromatic heterocycles. The Morgan fingerprint density at radius 1 is 1.25 bits per heavy atom. The summed E-state index contributed by atoms with van der Waals surface area (Å²) >= 11 is 0. The standard InChI is InChI=1S/C15H15N3O2/c1-11-8-14(4-6-16-11)17-7-5-12-2-3-15(18(19)20)9-13(12)10-17/h2-4,6,8-9H,5,7,10H2,1H3. The highest BCUT2D eigenvalue weighted by Gasteiger charge is 2.19. The highest BCUT2D eigenvalue weighted by atomic mass is 16.6. The van der Waals surface area contributed by atoms with Crippen molar-refractivity contribution in [1.29, 1.82) is 0 Å².